The highest BCUT2D eigenvalue weighted by Crippen LogP contribution is 2.28. The van der Waals surface area contributed by atoms with Crippen molar-refractivity contribution in [2.75, 3.05) is 5.43 Å². The molecule has 2 aromatic carbocycles. The minimum atomic E-state index is -0.155. The van der Waals surface area contributed by atoms with Gasteiger partial charge >= 0.3 is 0 Å². The summed E-state index contributed by atoms with van der Waals surface area (Å²) in [6.07, 6.45) is 0.940. The van der Waals surface area contributed by atoms with Crippen LogP contribution >= 0.6 is 11.3 Å². The number of carbonyl (C=O) groups is 1. The molecule has 3 aromatic rings. The molecule has 1 heterocycles. The molecule has 1 aromatic heterocycles. The van der Waals surface area contributed by atoms with Gasteiger partial charge in [-0.25, -0.2) is 4.98 Å². The zero-order chi connectivity index (χ0) is 16.4. The molecule has 0 spiro atoms. The number of anilines is 1. The number of fused-ring (bicyclic) bond motifs is 1. The van der Waals surface area contributed by atoms with Gasteiger partial charge in [-0.05, 0) is 43.5 Å². The molecule has 5 heteroatoms. The van der Waals surface area contributed by atoms with Crippen LogP contribution in [0.2, 0.25) is 0 Å². The maximum atomic E-state index is 12.3. The number of hydrogen-bond donors (Lipinski definition) is 2. The SMILES string of the molecule is CCc1cccc2sc(NNC(=O)c3ccc(C)cc3C)nc12. The molecule has 0 fully saturated rings. The number of hydrogen-bond acceptors (Lipinski definition) is 4. The van der Waals surface area contributed by atoms with E-state index in [0.717, 1.165) is 27.8 Å². The fourth-order valence-electron chi connectivity index (χ4n) is 2.59. The van der Waals surface area contributed by atoms with Gasteiger partial charge in [0.25, 0.3) is 5.91 Å². The first-order chi connectivity index (χ1) is 11.1. The fourth-order valence-corrected chi connectivity index (χ4v) is 3.46. The van der Waals surface area contributed by atoms with E-state index < -0.39 is 0 Å². The number of nitrogens with zero attached hydrogens (tertiary/aromatic N) is 1. The molecule has 0 atom stereocenters. The zero-order valence-corrected chi connectivity index (χ0v) is 14.3. The van der Waals surface area contributed by atoms with Crippen molar-refractivity contribution in [1.82, 2.24) is 10.4 Å². The first-order valence-electron chi connectivity index (χ1n) is 7.60. The number of nitrogens with one attached hydrogen (secondary N) is 2. The molecule has 0 aliphatic carbocycles. The summed E-state index contributed by atoms with van der Waals surface area (Å²) in [5.41, 5.74) is 10.7. The molecule has 0 bridgehead atoms. The number of amides is 1. The standard InChI is InChI=1S/C18H19N3OS/c1-4-13-6-5-7-15-16(13)19-18(23-15)21-20-17(22)14-9-8-11(2)10-12(14)3/h5-10H,4H2,1-3H3,(H,19,21)(H,20,22). The Bertz CT molecular complexity index is 870. The summed E-state index contributed by atoms with van der Waals surface area (Å²) < 4.78 is 1.12. The van der Waals surface area contributed by atoms with Crippen LogP contribution in [0.15, 0.2) is 36.4 Å². The van der Waals surface area contributed by atoms with Gasteiger partial charge < -0.3 is 0 Å². The smallest absolute Gasteiger partial charge is 0.269 e. The fraction of sp³-hybridized carbons (Fsp3) is 0.222. The Morgan fingerprint density at radius 3 is 2.78 bits per heavy atom. The van der Waals surface area contributed by atoms with Crippen LogP contribution in [0.25, 0.3) is 10.2 Å². The van der Waals surface area contributed by atoms with Crippen molar-refractivity contribution < 1.29 is 4.79 Å². The van der Waals surface area contributed by atoms with Crippen molar-refractivity contribution >= 4 is 32.6 Å². The van der Waals surface area contributed by atoms with Crippen molar-refractivity contribution in [3.63, 3.8) is 0 Å². The third-order valence-corrected chi connectivity index (χ3v) is 4.73. The predicted octanol–water partition coefficient (Wildman–Crippen LogP) is 4.23. The minimum absolute atomic E-state index is 0.155. The number of thiazole rings is 1. The molecule has 0 saturated heterocycles. The van der Waals surface area contributed by atoms with Gasteiger partial charge in [-0.3, -0.25) is 15.6 Å². The molecule has 0 aliphatic rings. The molecule has 4 nitrogen and oxygen atoms in total. The average molecular weight is 325 g/mol. The van der Waals surface area contributed by atoms with Crippen molar-refractivity contribution in [3.05, 3.63) is 58.7 Å². The van der Waals surface area contributed by atoms with E-state index >= 15 is 0 Å². The molecular formula is C18H19N3OS. The van der Waals surface area contributed by atoms with E-state index in [4.69, 9.17) is 0 Å². The Hall–Kier alpha value is -2.40. The van der Waals surface area contributed by atoms with Crippen LogP contribution in [0.3, 0.4) is 0 Å². The van der Waals surface area contributed by atoms with Crippen molar-refractivity contribution in [2.24, 2.45) is 0 Å². The Morgan fingerprint density at radius 1 is 1.22 bits per heavy atom. The molecule has 0 saturated carbocycles. The largest absolute Gasteiger partial charge is 0.273 e. The third-order valence-electron chi connectivity index (χ3n) is 3.79. The Labute approximate surface area is 139 Å². The molecule has 0 aliphatic heterocycles. The number of para-hydroxylation sites is 1. The van der Waals surface area contributed by atoms with E-state index in [9.17, 15) is 4.79 Å². The van der Waals surface area contributed by atoms with Crippen LogP contribution in [0.4, 0.5) is 5.13 Å². The quantitative estimate of drug-likeness (QED) is 0.706. The summed E-state index contributed by atoms with van der Waals surface area (Å²) in [4.78, 5) is 16.9. The van der Waals surface area contributed by atoms with Crippen LogP contribution in [0, 0.1) is 13.8 Å². The second kappa shape index (κ2) is 6.38. The number of benzene rings is 2. The summed E-state index contributed by atoms with van der Waals surface area (Å²) in [6, 6.07) is 11.9. The van der Waals surface area contributed by atoms with Crippen LogP contribution in [0.1, 0.15) is 34.0 Å². The summed E-state index contributed by atoms with van der Waals surface area (Å²) in [6.45, 7) is 6.07. The van der Waals surface area contributed by atoms with Crippen LogP contribution in [0.5, 0.6) is 0 Å². The molecule has 118 valence electrons. The van der Waals surface area contributed by atoms with Crippen molar-refractivity contribution in [3.8, 4) is 0 Å². The maximum Gasteiger partial charge on any atom is 0.269 e. The van der Waals surface area contributed by atoms with Gasteiger partial charge in [0.05, 0.1) is 10.2 Å². The Kier molecular flexibility index (Phi) is 4.30. The molecule has 3 rings (SSSR count). The van der Waals surface area contributed by atoms with Gasteiger partial charge in [0.15, 0.2) is 0 Å². The van der Waals surface area contributed by atoms with Crippen molar-refractivity contribution in [1.29, 1.82) is 0 Å². The van der Waals surface area contributed by atoms with Gasteiger partial charge in [0, 0.05) is 5.56 Å². The first-order valence-corrected chi connectivity index (χ1v) is 8.42. The minimum Gasteiger partial charge on any atom is -0.273 e. The summed E-state index contributed by atoms with van der Waals surface area (Å²) in [5, 5.41) is 0.694. The van der Waals surface area contributed by atoms with E-state index in [0.29, 0.717) is 10.7 Å². The van der Waals surface area contributed by atoms with Crippen LogP contribution in [-0.4, -0.2) is 10.9 Å². The number of hydrazine groups is 1. The maximum absolute atomic E-state index is 12.3. The first kappa shape index (κ1) is 15.5. The molecule has 2 N–H and O–H groups in total. The highest BCUT2D eigenvalue weighted by molar-refractivity contribution is 7.22. The molecule has 1 amide bonds. The second-order valence-corrected chi connectivity index (χ2v) is 6.56. The predicted molar refractivity (Wildman–Crippen MR) is 96.0 cm³/mol. The normalized spacial score (nSPS) is 10.7. The lowest BCUT2D eigenvalue weighted by molar-refractivity contribution is 0.0962. The number of carbonyl (C=O) groups excluding carboxylic acids is 1. The summed E-state index contributed by atoms with van der Waals surface area (Å²) in [7, 11) is 0. The van der Waals surface area contributed by atoms with Gasteiger partial charge in [0.1, 0.15) is 0 Å². The van der Waals surface area contributed by atoms with Gasteiger partial charge in [-0.1, -0.05) is 48.1 Å². The van der Waals surface area contributed by atoms with E-state index in [-0.39, 0.29) is 5.91 Å². The lowest BCUT2D eigenvalue weighted by atomic mass is 10.1. The van der Waals surface area contributed by atoms with E-state index in [1.165, 1.54) is 16.9 Å². The molecular weight excluding hydrogens is 306 g/mol. The number of aryl methyl sites for hydroxylation is 3. The molecule has 0 radical (unpaired) electrons. The van der Waals surface area contributed by atoms with Crippen molar-refractivity contribution in [2.45, 2.75) is 27.2 Å². The van der Waals surface area contributed by atoms with E-state index in [1.54, 1.807) is 0 Å². The Balaban J connectivity index is 1.76. The topological polar surface area (TPSA) is 54.0 Å². The highest BCUT2D eigenvalue weighted by atomic mass is 32.1. The van der Waals surface area contributed by atoms with E-state index in [1.807, 2.05) is 44.2 Å². The third kappa shape index (κ3) is 3.19. The van der Waals surface area contributed by atoms with Crippen LogP contribution in [-0.2, 0) is 6.42 Å². The average Bonchev–Trinajstić information content (AvgIpc) is 2.95. The second-order valence-electron chi connectivity index (χ2n) is 5.53. The molecule has 23 heavy (non-hydrogen) atoms. The Morgan fingerprint density at radius 2 is 2.04 bits per heavy atom. The number of aromatic nitrogens is 1. The van der Waals surface area contributed by atoms with Gasteiger partial charge in [-0.15, -0.1) is 0 Å². The zero-order valence-electron chi connectivity index (χ0n) is 13.4. The van der Waals surface area contributed by atoms with E-state index in [2.05, 4.69) is 28.8 Å². The summed E-state index contributed by atoms with van der Waals surface area (Å²) >= 11 is 1.53. The highest BCUT2D eigenvalue weighted by Gasteiger charge is 2.11. The number of rotatable bonds is 4. The molecule has 0 unspecified atom stereocenters. The summed E-state index contributed by atoms with van der Waals surface area (Å²) in [5.74, 6) is -0.155. The van der Waals surface area contributed by atoms with Gasteiger partial charge in [-0.2, -0.15) is 0 Å². The monoisotopic (exact) mass is 325 g/mol. The lowest BCUT2D eigenvalue weighted by Gasteiger charge is -2.08. The van der Waals surface area contributed by atoms with Crippen LogP contribution < -0.4 is 10.9 Å². The lowest BCUT2D eigenvalue weighted by Crippen LogP contribution is -2.29. The van der Waals surface area contributed by atoms with Gasteiger partial charge in [0.2, 0.25) is 5.13 Å².